The zero-order valence-corrected chi connectivity index (χ0v) is 11.5. The Balaban J connectivity index is 2.14. The summed E-state index contributed by atoms with van der Waals surface area (Å²) in [5.74, 6) is 1.15. The van der Waals surface area contributed by atoms with Crippen LogP contribution in [0.25, 0.3) is 0 Å². The van der Waals surface area contributed by atoms with Gasteiger partial charge in [-0.05, 0) is 36.4 Å². The van der Waals surface area contributed by atoms with Crippen molar-refractivity contribution in [3.8, 4) is 11.5 Å². The highest BCUT2D eigenvalue weighted by molar-refractivity contribution is 5.34. The van der Waals surface area contributed by atoms with Gasteiger partial charge in [0.15, 0.2) is 0 Å². The summed E-state index contributed by atoms with van der Waals surface area (Å²) in [6.45, 7) is 1.89. The second-order valence-corrected chi connectivity index (χ2v) is 4.52. The monoisotopic (exact) mass is 295 g/mol. The normalized spacial score (nSPS) is 13.0. The lowest BCUT2D eigenvalue weighted by Crippen LogP contribution is -2.33. The summed E-state index contributed by atoms with van der Waals surface area (Å²) in [5, 5.41) is 2.44. The van der Waals surface area contributed by atoms with Crippen LogP contribution in [0, 0.1) is 0 Å². The number of hydrogen-bond donors (Lipinski definition) is 1. The lowest BCUT2D eigenvalue weighted by Gasteiger charge is -2.21. The van der Waals surface area contributed by atoms with E-state index in [2.05, 4.69) is 5.32 Å². The number of para-hydroxylation sites is 1. The van der Waals surface area contributed by atoms with Crippen LogP contribution in [0.4, 0.5) is 13.2 Å². The van der Waals surface area contributed by atoms with Crippen LogP contribution in [0.3, 0.4) is 0 Å². The molecule has 5 heteroatoms. The van der Waals surface area contributed by atoms with E-state index >= 15 is 0 Å². The molecule has 0 radical (unpaired) electrons. The van der Waals surface area contributed by atoms with Gasteiger partial charge in [0.1, 0.15) is 17.5 Å². The number of nitrogens with one attached hydrogen (secondary N) is 1. The van der Waals surface area contributed by atoms with Crippen molar-refractivity contribution >= 4 is 0 Å². The zero-order valence-electron chi connectivity index (χ0n) is 11.5. The summed E-state index contributed by atoms with van der Waals surface area (Å²) in [6.07, 6.45) is -4.32. The van der Waals surface area contributed by atoms with E-state index in [-0.39, 0.29) is 12.1 Å². The number of halogens is 3. The van der Waals surface area contributed by atoms with Gasteiger partial charge >= 0.3 is 6.18 Å². The fraction of sp³-hybridized carbons (Fsp3) is 0.250. The number of hydrogen-bond acceptors (Lipinski definition) is 2. The van der Waals surface area contributed by atoms with Crippen LogP contribution in [0.15, 0.2) is 54.6 Å². The van der Waals surface area contributed by atoms with Gasteiger partial charge in [-0.15, -0.1) is 0 Å². The van der Waals surface area contributed by atoms with Gasteiger partial charge in [0, 0.05) is 0 Å². The summed E-state index contributed by atoms with van der Waals surface area (Å²) in [4.78, 5) is 0. The van der Waals surface area contributed by atoms with E-state index in [0.29, 0.717) is 11.5 Å². The van der Waals surface area contributed by atoms with Gasteiger partial charge in [0.2, 0.25) is 0 Å². The molecule has 2 aromatic rings. The maximum atomic E-state index is 12.9. The largest absolute Gasteiger partial charge is 0.457 e. The van der Waals surface area contributed by atoms with E-state index in [4.69, 9.17) is 4.74 Å². The first-order valence-electron chi connectivity index (χ1n) is 6.63. The Kier molecular flexibility index (Phi) is 4.85. The summed E-state index contributed by atoms with van der Waals surface area (Å²) in [6, 6.07) is 13.4. The fourth-order valence-corrected chi connectivity index (χ4v) is 1.98. The van der Waals surface area contributed by atoms with Crippen molar-refractivity contribution in [3.05, 3.63) is 60.2 Å². The molecule has 0 amide bonds. The highest BCUT2D eigenvalue weighted by atomic mass is 19.4. The average molecular weight is 295 g/mol. The molecule has 1 atom stereocenters. The zero-order chi connectivity index (χ0) is 15.3. The number of benzene rings is 2. The number of rotatable bonds is 5. The topological polar surface area (TPSA) is 21.3 Å². The second-order valence-electron chi connectivity index (χ2n) is 4.52. The van der Waals surface area contributed by atoms with Gasteiger partial charge in [-0.1, -0.05) is 37.3 Å². The van der Waals surface area contributed by atoms with E-state index in [1.165, 1.54) is 12.1 Å². The first-order valence-corrected chi connectivity index (χ1v) is 6.63. The summed E-state index contributed by atoms with van der Waals surface area (Å²) in [5.41, 5.74) is 0.171. The molecule has 2 nitrogen and oxygen atoms in total. The van der Waals surface area contributed by atoms with Gasteiger partial charge in [-0.25, -0.2) is 0 Å². The predicted molar refractivity (Wildman–Crippen MR) is 75.4 cm³/mol. The Hall–Kier alpha value is -2.01. The van der Waals surface area contributed by atoms with Gasteiger partial charge < -0.3 is 10.1 Å². The van der Waals surface area contributed by atoms with Crippen LogP contribution in [0.2, 0.25) is 0 Å². The molecule has 0 aliphatic carbocycles. The standard InChI is InChI=1S/C16H16F3NO/c1-2-20-15(16(17,18)19)12-8-10-14(11-9-12)21-13-6-4-3-5-7-13/h3-11,15,20H,2H2,1H3. The van der Waals surface area contributed by atoms with E-state index in [1.54, 1.807) is 31.2 Å². The second kappa shape index (κ2) is 6.63. The minimum Gasteiger partial charge on any atom is -0.457 e. The van der Waals surface area contributed by atoms with Crippen LogP contribution in [0.1, 0.15) is 18.5 Å². The van der Waals surface area contributed by atoms with Crippen LogP contribution in [-0.4, -0.2) is 12.7 Å². The smallest absolute Gasteiger partial charge is 0.407 e. The maximum Gasteiger partial charge on any atom is 0.407 e. The average Bonchev–Trinajstić information content (AvgIpc) is 2.46. The highest BCUT2D eigenvalue weighted by Crippen LogP contribution is 2.33. The first-order chi connectivity index (χ1) is 10.0. The van der Waals surface area contributed by atoms with Crippen LogP contribution in [0.5, 0.6) is 11.5 Å². The van der Waals surface area contributed by atoms with Crippen molar-refractivity contribution in [3.63, 3.8) is 0 Å². The molecule has 0 bridgehead atoms. The Morgan fingerprint density at radius 3 is 2.05 bits per heavy atom. The van der Waals surface area contributed by atoms with Gasteiger partial charge in [-0.3, -0.25) is 0 Å². The summed E-state index contributed by atoms with van der Waals surface area (Å²) in [7, 11) is 0. The van der Waals surface area contributed by atoms with E-state index < -0.39 is 12.2 Å². The molecule has 0 saturated carbocycles. The quantitative estimate of drug-likeness (QED) is 0.864. The van der Waals surface area contributed by atoms with Gasteiger partial charge in [-0.2, -0.15) is 13.2 Å². The SMILES string of the molecule is CCNC(c1ccc(Oc2ccccc2)cc1)C(F)(F)F. The van der Waals surface area contributed by atoms with E-state index in [0.717, 1.165) is 0 Å². The minimum absolute atomic E-state index is 0.171. The van der Waals surface area contributed by atoms with Crippen molar-refractivity contribution in [2.75, 3.05) is 6.54 Å². The lowest BCUT2D eigenvalue weighted by atomic mass is 10.1. The molecule has 2 rings (SSSR count). The Morgan fingerprint density at radius 2 is 1.52 bits per heavy atom. The maximum absolute atomic E-state index is 12.9. The molecular weight excluding hydrogens is 279 g/mol. The van der Waals surface area contributed by atoms with Gasteiger partial charge in [0.05, 0.1) is 0 Å². The third kappa shape index (κ3) is 4.23. The number of alkyl halides is 3. The van der Waals surface area contributed by atoms with Gasteiger partial charge in [0.25, 0.3) is 0 Å². The first kappa shape index (κ1) is 15.4. The molecule has 0 saturated heterocycles. The van der Waals surface area contributed by atoms with Crippen LogP contribution >= 0.6 is 0 Å². The van der Waals surface area contributed by atoms with E-state index in [1.807, 2.05) is 18.2 Å². The fourth-order valence-electron chi connectivity index (χ4n) is 1.98. The summed E-state index contributed by atoms with van der Waals surface area (Å²) >= 11 is 0. The van der Waals surface area contributed by atoms with Crippen molar-refractivity contribution in [2.24, 2.45) is 0 Å². The third-order valence-electron chi connectivity index (χ3n) is 2.93. The van der Waals surface area contributed by atoms with Crippen molar-refractivity contribution in [1.29, 1.82) is 0 Å². The van der Waals surface area contributed by atoms with Crippen LogP contribution in [-0.2, 0) is 0 Å². The molecule has 0 fully saturated rings. The molecular formula is C16H16F3NO. The molecule has 0 spiro atoms. The Morgan fingerprint density at radius 1 is 0.952 bits per heavy atom. The minimum atomic E-state index is -4.32. The van der Waals surface area contributed by atoms with Crippen molar-refractivity contribution in [1.82, 2.24) is 5.32 Å². The highest BCUT2D eigenvalue weighted by Gasteiger charge is 2.40. The van der Waals surface area contributed by atoms with Crippen molar-refractivity contribution in [2.45, 2.75) is 19.1 Å². The molecule has 2 aromatic carbocycles. The molecule has 21 heavy (non-hydrogen) atoms. The summed E-state index contributed by atoms with van der Waals surface area (Å²) < 4.78 is 44.4. The molecule has 1 unspecified atom stereocenters. The molecule has 112 valence electrons. The molecule has 0 aliphatic rings. The molecule has 0 aliphatic heterocycles. The van der Waals surface area contributed by atoms with E-state index in [9.17, 15) is 13.2 Å². The van der Waals surface area contributed by atoms with Crippen molar-refractivity contribution < 1.29 is 17.9 Å². The molecule has 0 aromatic heterocycles. The third-order valence-corrected chi connectivity index (χ3v) is 2.93. The number of ether oxygens (including phenoxy) is 1. The Bertz CT molecular complexity index is 552. The lowest BCUT2D eigenvalue weighted by molar-refractivity contribution is -0.157. The predicted octanol–water partition coefficient (Wildman–Crippen LogP) is 4.69. The van der Waals surface area contributed by atoms with Crippen LogP contribution < -0.4 is 10.1 Å². The Labute approximate surface area is 121 Å². The molecule has 0 heterocycles. The molecule has 1 N–H and O–H groups in total.